The summed E-state index contributed by atoms with van der Waals surface area (Å²) in [4.78, 5) is 16.2. The Morgan fingerprint density at radius 1 is 0.897 bits per heavy atom. The number of methoxy groups -OCH3 is 1. The number of pyridine rings is 1. The van der Waals surface area contributed by atoms with Gasteiger partial charge in [-0.2, -0.15) is 0 Å². The molecule has 0 fully saturated rings. The van der Waals surface area contributed by atoms with Gasteiger partial charge >= 0.3 is 5.97 Å². The molecule has 4 rings (SSSR count). The molecule has 144 valence electrons. The zero-order valence-corrected chi connectivity index (χ0v) is 15.6. The number of hydrogen-bond donors (Lipinski definition) is 2. The molecule has 0 saturated heterocycles. The number of carbonyl (C=O) groups is 1. The molecule has 29 heavy (non-hydrogen) atoms. The number of rotatable bonds is 6. The van der Waals surface area contributed by atoms with Gasteiger partial charge in [0.05, 0.1) is 12.6 Å². The van der Waals surface area contributed by atoms with Crippen LogP contribution >= 0.6 is 0 Å². The van der Waals surface area contributed by atoms with Gasteiger partial charge in [-0.15, -0.1) is 0 Å². The summed E-state index contributed by atoms with van der Waals surface area (Å²) >= 11 is 0. The second kappa shape index (κ2) is 7.90. The van der Waals surface area contributed by atoms with Gasteiger partial charge in [0.2, 0.25) is 0 Å². The molecule has 3 aromatic carbocycles. The van der Waals surface area contributed by atoms with E-state index in [1.807, 2.05) is 30.3 Å². The van der Waals surface area contributed by atoms with Crippen LogP contribution in [-0.4, -0.2) is 23.2 Å². The highest BCUT2D eigenvalue weighted by molar-refractivity contribution is 5.99. The highest BCUT2D eigenvalue weighted by Crippen LogP contribution is 2.28. The predicted molar refractivity (Wildman–Crippen MR) is 111 cm³/mol. The Morgan fingerprint density at radius 3 is 2.28 bits per heavy atom. The first kappa shape index (κ1) is 18.3. The maximum atomic E-state index is 11.7. The van der Waals surface area contributed by atoms with Gasteiger partial charge in [-0.05, 0) is 54.6 Å². The molecule has 0 aliphatic heterocycles. The molecule has 6 heteroatoms. The van der Waals surface area contributed by atoms with E-state index in [4.69, 9.17) is 9.47 Å². The maximum absolute atomic E-state index is 11.7. The van der Waals surface area contributed by atoms with E-state index in [1.54, 1.807) is 55.6 Å². The minimum Gasteiger partial charge on any atom is -0.497 e. The first-order valence-corrected chi connectivity index (χ1v) is 8.94. The normalized spacial score (nSPS) is 10.5. The van der Waals surface area contributed by atoms with Gasteiger partial charge in [0.1, 0.15) is 28.6 Å². The topological polar surface area (TPSA) is 80.7 Å². The molecule has 0 atom stereocenters. The molecule has 1 heterocycles. The molecule has 6 nitrogen and oxygen atoms in total. The third kappa shape index (κ3) is 4.11. The molecule has 0 saturated carbocycles. The quantitative estimate of drug-likeness (QED) is 0.457. The molecular weight excluding hydrogens is 368 g/mol. The minimum absolute atomic E-state index is 0.0901. The van der Waals surface area contributed by atoms with Crippen molar-refractivity contribution >= 4 is 28.4 Å². The summed E-state index contributed by atoms with van der Waals surface area (Å²) in [6.45, 7) is 0. The molecule has 1 aromatic heterocycles. The van der Waals surface area contributed by atoms with Gasteiger partial charge in [-0.3, -0.25) is 0 Å². The fourth-order valence-electron chi connectivity index (χ4n) is 2.90. The lowest BCUT2D eigenvalue weighted by Crippen LogP contribution is -2.05. The SMILES string of the molecule is COc1ccc2cc(C(=O)O)c(Nc3ccc(Oc4ccccc4)cc3)nc2c1. The third-order valence-electron chi connectivity index (χ3n) is 4.35. The van der Waals surface area contributed by atoms with E-state index in [-0.39, 0.29) is 11.4 Å². The second-order valence-electron chi connectivity index (χ2n) is 6.31. The van der Waals surface area contributed by atoms with E-state index in [0.29, 0.717) is 22.7 Å². The van der Waals surface area contributed by atoms with E-state index in [1.165, 1.54) is 0 Å². The van der Waals surface area contributed by atoms with Crippen molar-refractivity contribution in [2.45, 2.75) is 0 Å². The number of carboxylic acids is 1. The fraction of sp³-hybridized carbons (Fsp3) is 0.0435. The molecule has 0 aliphatic carbocycles. The zero-order chi connectivity index (χ0) is 20.2. The summed E-state index contributed by atoms with van der Waals surface area (Å²) in [6, 6.07) is 23.6. The van der Waals surface area contributed by atoms with Crippen LogP contribution in [0.5, 0.6) is 17.2 Å². The molecule has 0 amide bonds. The minimum atomic E-state index is -1.05. The summed E-state index contributed by atoms with van der Waals surface area (Å²) in [5, 5.41) is 13.4. The number of nitrogens with one attached hydrogen (secondary N) is 1. The van der Waals surface area contributed by atoms with E-state index >= 15 is 0 Å². The zero-order valence-electron chi connectivity index (χ0n) is 15.6. The first-order valence-electron chi connectivity index (χ1n) is 8.94. The first-order chi connectivity index (χ1) is 14.1. The number of carboxylic acid groups (broad SMARTS) is 1. The van der Waals surface area contributed by atoms with Crippen molar-refractivity contribution in [3.8, 4) is 17.2 Å². The van der Waals surface area contributed by atoms with Gasteiger partial charge in [0.25, 0.3) is 0 Å². The number of aromatic carboxylic acids is 1. The third-order valence-corrected chi connectivity index (χ3v) is 4.35. The van der Waals surface area contributed by atoms with Gasteiger partial charge < -0.3 is 19.9 Å². The van der Waals surface area contributed by atoms with Crippen LogP contribution in [0.4, 0.5) is 11.5 Å². The number of para-hydroxylation sites is 1. The highest BCUT2D eigenvalue weighted by atomic mass is 16.5. The Morgan fingerprint density at radius 2 is 1.59 bits per heavy atom. The van der Waals surface area contributed by atoms with Crippen molar-refractivity contribution in [1.82, 2.24) is 4.98 Å². The van der Waals surface area contributed by atoms with Crippen LogP contribution in [0, 0.1) is 0 Å². The van der Waals surface area contributed by atoms with Crippen molar-refractivity contribution in [1.29, 1.82) is 0 Å². The largest absolute Gasteiger partial charge is 0.497 e. The lowest BCUT2D eigenvalue weighted by molar-refractivity contribution is 0.0698. The Labute approximate surface area is 167 Å². The van der Waals surface area contributed by atoms with E-state index < -0.39 is 5.97 Å². The molecule has 0 bridgehead atoms. The van der Waals surface area contributed by atoms with Gasteiger partial charge in [-0.1, -0.05) is 18.2 Å². The van der Waals surface area contributed by atoms with Crippen molar-refractivity contribution in [3.05, 3.63) is 84.4 Å². The summed E-state index contributed by atoms with van der Waals surface area (Å²) in [5.74, 6) is 1.28. The summed E-state index contributed by atoms with van der Waals surface area (Å²) in [5.41, 5.74) is 1.43. The number of hydrogen-bond acceptors (Lipinski definition) is 5. The van der Waals surface area contributed by atoms with Crippen LogP contribution in [0.3, 0.4) is 0 Å². The van der Waals surface area contributed by atoms with Crippen molar-refractivity contribution in [2.75, 3.05) is 12.4 Å². The average molecular weight is 386 g/mol. The van der Waals surface area contributed by atoms with Crippen LogP contribution in [0.2, 0.25) is 0 Å². The van der Waals surface area contributed by atoms with E-state index in [9.17, 15) is 9.90 Å². The molecule has 4 aromatic rings. The lowest BCUT2D eigenvalue weighted by Gasteiger charge is -2.12. The molecule has 0 aliphatic rings. The Kier molecular flexibility index (Phi) is 4.99. The number of fused-ring (bicyclic) bond motifs is 1. The molecule has 0 radical (unpaired) electrons. The predicted octanol–water partition coefficient (Wildman–Crippen LogP) is 5.48. The second-order valence-corrected chi connectivity index (χ2v) is 6.31. The average Bonchev–Trinajstić information content (AvgIpc) is 2.75. The molecule has 2 N–H and O–H groups in total. The molecule has 0 unspecified atom stereocenters. The Bertz CT molecular complexity index is 1160. The van der Waals surface area contributed by atoms with Crippen molar-refractivity contribution in [2.24, 2.45) is 0 Å². The smallest absolute Gasteiger partial charge is 0.339 e. The van der Waals surface area contributed by atoms with E-state index in [0.717, 1.165) is 11.1 Å². The summed E-state index contributed by atoms with van der Waals surface area (Å²) in [6.07, 6.45) is 0. The monoisotopic (exact) mass is 386 g/mol. The van der Waals surface area contributed by atoms with Gasteiger partial charge in [0.15, 0.2) is 0 Å². The van der Waals surface area contributed by atoms with Crippen molar-refractivity contribution < 1.29 is 19.4 Å². The highest BCUT2D eigenvalue weighted by Gasteiger charge is 2.14. The summed E-state index contributed by atoms with van der Waals surface area (Å²) < 4.78 is 11.0. The fourth-order valence-corrected chi connectivity index (χ4v) is 2.90. The molecule has 0 spiro atoms. The number of benzene rings is 3. The maximum Gasteiger partial charge on any atom is 0.339 e. The van der Waals surface area contributed by atoms with Crippen LogP contribution in [0.15, 0.2) is 78.9 Å². The number of aromatic nitrogens is 1. The summed E-state index contributed by atoms with van der Waals surface area (Å²) in [7, 11) is 1.57. The van der Waals surface area contributed by atoms with Crippen LogP contribution in [0.1, 0.15) is 10.4 Å². The van der Waals surface area contributed by atoms with Crippen LogP contribution < -0.4 is 14.8 Å². The van der Waals surface area contributed by atoms with Gasteiger partial charge in [0, 0.05) is 17.1 Å². The molecular formula is C23H18N2O4. The van der Waals surface area contributed by atoms with Crippen LogP contribution in [-0.2, 0) is 0 Å². The van der Waals surface area contributed by atoms with E-state index in [2.05, 4.69) is 10.3 Å². The standard InChI is InChI=1S/C23H18N2O4/c1-28-19-10-7-15-13-20(23(26)27)22(25-21(15)14-19)24-16-8-11-18(12-9-16)29-17-5-3-2-4-6-17/h2-14H,1H3,(H,24,25)(H,26,27). The van der Waals surface area contributed by atoms with Crippen molar-refractivity contribution in [3.63, 3.8) is 0 Å². The number of anilines is 2. The number of nitrogens with zero attached hydrogens (tertiary/aromatic N) is 1. The lowest BCUT2D eigenvalue weighted by atomic mass is 10.1. The van der Waals surface area contributed by atoms with Gasteiger partial charge in [-0.25, -0.2) is 9.78 Å². The van der Waals surface area contributed by atoms with Crippen LogP contribution in [0.25, 0.3) is 10.9 Å². The Balaban J connectivity index is 1.62. The number of ether oxygens (including phenoxy) is 2. The Hall–Kier alpha value is -4.06.